The number of methoxy groups -OCH3 is 1. The minimum atomic E-state index is -0.875. The molecule has 1 heterocycles. The predicted octanol–water partition coefficient (Wildman–Crippen LogP) is 3.56. The molecule has 1 N–H and O–H groups in total. The van der Waals surface area contributed by atoms with E-state index in [0.717, 1.165) is 18.4 Å². The Morgan fingerprint density at radius 3 is 2.61 bits per heavy atom. The molecule has 0 aliphatic heterocycles. The largest absolute Gasteiger partial charge is 0.499 e. The van der Waals surface area contributed by atoms with Gasteiger partial charge in [0.25, 0.3) is 0 Å². The number of halogens is 1. The van der Waals surface area contributed by atoms with Crippen molar-refractivity contribution >= 4 is 27.4 Å². The van der Waals surface area contributed by atoms with Crippen LogP contribution in [-0.4, -0.2) is 18.2 Å². The summed E-state index contributed by atoms with van der Waals surface area (Å²) in [6, 6.07) is 11.0. The number of carbonyl (C=O) groups is 1. The number of aromatic hydroxyl groups is 1. The number of esters is 1. The van der Waals surface area contributed by atoms with Crippen LogP contribution in [0.2, 0.25) is 0 Å². The molecule has 0 aliphatic rings. The summed E-state index contributed by atoms with van der Waals surface area (Å²) in [6.45, 7) is 0. The molecule has 116 valence electrons. The lowest BCUT2D eigenvalue weighted by atomic mass is 10.0. The molecule has 0 aliphatic carbocycles. The summed E-state index contributed by atoms with van der Waals surface area (Å²) in [5, 5.41) is 9.86. The van der Waals surface area contributed by atoms with Gasteiger partial charge in [-0.2, -0.15) is 0 Å². The molecule has 0 fully saturated rings. The third-order valence-corrected chi connectivity index (χ3v) is 4.38. The zero-order valence-corrected chi connectivity index (χ0v) is 12.8. The molecule has 6 heteroatoms. The van der Waals surface area contributed by atoms with E-state index in [1.54, 1.807) is 30.3 Å². The van der Waals surface area contributed by atoms with Gasteiger partial charge in [-0.25, -0.2) is 9.18 Å². The van der Waals surface area contributed by atoms with E-state index < -0.39 is 16.5 Å². The molecule has 3 rings (SSSR count). The molecule has 0 atom stereocenters. The highest BCUT2D eigenvalue weighted by Gasteiger charge is 2.20. The second-order valence-electron chi connectivity index (χ2n) is 4.82. The van der Waals surface area contributed by atoms with E-state index in [-0.39, 0.29) is 11.4 Å². The summed E-state index contributed by atoms with van der Waals surface area (Å²) in [5.41, 5.74) is 0.401. The molecule has 2 aromatic carbocycles. The molecule has 4 nitrogen and oxygen atoms in total. The number of hydrogen-bond donors (Lipinski definition) is 1. The lowest BCUT2D eigenvalue weighted by molar-refractivity contribution is 0.0597. The first-order valence-electron chi connectivity index (χ1n) is 6.65. The monoisotopic (exact) mass is 330 g/mol. The second kappa shape index (κ2) is 5.81. The summed E-state index contributed by atoms with van der Waals surface area (Å²) < 4.78 is 18.4. The van der Waals surface area contributed by atoms with E-state index in [1.165, 1.54) is 12.1 Å². The van der Waals surface area contributed by atoms with Gasteiger partial charge < -0.3 is 9.84 Å². The molecule has 0 saturated heterocycles. The maximum atomic E-state index is 13.3. The molecule has 0 amide bonds. The van der Waals surface area contributed by atoms with Gasteiger partial charge in [-0.3, -0.25) is 4.79 Å². The van der Waals surface area contributed by atoms with Crippen LogP contribution in [0.5, 0.6) is 5.06 Å². The molecule has 23 heavy (non-hydrogen) atoms. The van der Waals surface area contributed by atoms with Crippen molar-refractivity contribution in [2.24, 2.45) is 0 Å². The van der Waals surface area contributed by atoms with Gasteiger partial charge in [0.2, 0.25) is 5.43 Å². The van der Waals surface area contributed by atoms with Gasteiger partial charge in [-0.15, -0.1) is 0 Å². The lowest BCUT2D eigenvalue weighted by Gasteiger charge is -2.06. The number of ether oxygens (including phenoxy) is 1. The maximum absolute atomic E-state index is 13.3. The van der Waals surface area contributed by atoms with Gasteiger partial charge in [0.1, 0.15) is 5.82 Å². The van der Waals surface area contributed by atoms with Gasteiger partial charge >= 0.3 is 5.97 Å². The molecule has 0 spiro atoms. The molecular weight excluding hydrogens is 319 g/mol. The van der Waals surface area contributed by atoms with Crippen molar-refractivity contribution in [2.75, 3.05) is 7.11 Å². The first-order chi connectivity index (χ1) is 11.0. The highest BCUT2D eigenvalue weighted by atomic mass is 32.1. The predicted molar refractivity (Wildman–Crippen MR) is 86.5 cm³/mol. The van der Waals surface area contributed by atoms with Crippen molar-refractivity contribution in [3.8, 4) is 16.2 Å². The molecule has 3 aromatic rings. The molecule has 1 aromatic heterocycles. The first kappa shape index (κ1) is 15.2. The van der Waals surface area contributed by atoms with E-state index in [0.29, 0.717) is 21.2 Å². The van der Waals surface area contributed by atoms with Crippen LogP contribution in [0.3, 0.4) is 0 Å². The maximum Gasteiger partial charge on any atom is 0.346 e. The number of rotatable bonds is 2. The van der Waals surface area contributed by atoms with Crippen LogP contribution >= 0.6 is 11.3 Å². The van der Waals surface area contributed by atoms with Crippen molar-refractivity contribution in [3.63, 3.8) is 0 Å². The molecule has 0 saturated carbocycles. The van der Waals surface area contributed by atoms with Crippen LogP contribution in [0, 0.1) is 5.82 Å². The van der Waals surface area contributed by atoms with Gasteiger partial charge in [0, 0.05) is 10.1 Å². The van der Waals surface area contributed by atoms with E-state index in [1.807, 2.05) is 0 Å². The number of hydrogen-bond acceptors (Lipinski definition) is 5. The smallest absolute Gasteiger partial charge is 0.346 e. The standard InChI is InChI=1S/C17H11FO4S/c1-22-16(20)14-15(19)12-6-5-10(8-13(12)23-17(14)21)9-3-2-4-11(18)7-9/h2-8,21H,1H3. The van der Waals surface area contributed by atoms with Gasteiger partial charge in [-0.05, 0) is 35.4 Å². The van der Waals surface area contributed by atoms with Crippen LogP contribution < -0.4 is 5.43 Å². The van der Waals surface area contributed by atoms with Crippen LogP contribution in [0.4, 0.5) is 4.39 Å². The Balaban J connectivity index is 2.23. The zero-order chi connectivity index (χ0) is 16.6. The van der Waals surface area contributed by atoms with Gasteiger partial charge in [0.15, 0.2) is 10.6 Å². The zero-order valence-electron chi connectivity index (χ0n) is 12.0. The fraction of sp³-hybridized carbons (Fsp3) is 0.0588. The minimum Gasteiger partial charge on any atom is -0.499 e. The van der Waals surface area contributed by atoms with Gasteiger partial charge in [-0.1, -0.05) is 29.5 Å². The van der Waals surface area contributed by atoms with Crippen LogP contribution in [0.25, 0.3) is 21.2 Å². The summed E-state index contributed by atoms with van der Waals surface area (Å²) >= 11 is 0.900. The van der Waals surface area contributed by atoms with Crippen molar-refractivity contribution in [3.05, 3.63) is 64.1 Å². The van der Waals surface area contributed by atoms with Crippen molar-refractivity contribution in [1.29, 1.82) is 0 Å². The van der Waals surface area contributed by atoms with Gasteiger partial charge in [0.05, 0.1) is 7.11 Å². The summed E-state index contributed by atoms with van der Waals surface area (Å²) in [4.78, 5) is 23.9. The van der Waals surface area contributed by atoms with E-state index >= 15 is 0 Å². The van der Waals surface area contributed by atoms with Crippen LogP contribution in [0.15, 0.2) is 47.3 Å². The Morgan fingerprint density at radius 1 is 1.17 bits per heavy atom. The van der Waals surface area contributed by atoms with Crippen LogP contribution in [-0.2, 0) is 4.74 Å². The minimum absolute atomic E-state index is 0.299. The van der Waals surface area contributed by atoms with Crippen molar-refractivity contribution < 1.29 is 19.0 Å². The first-order valence-corrected chi connectivity index (χ1v) is 7.47. The summed E-state index contributed by atoms with van der Waals surface area (Å²) in [5.74, 6) is -1.24. The molecular formula is C17H11FO4S. The van der Waals surface area contributed by atoms with Crippen LogP contribution in [0.1, 0.15) is 10.4 Å². The number of benzene rings is 2. The molecule has 0 unspecified atom stereocenters. The number of fused-ring (bicyclic) bond motifs is 1. The molecule has 0 bridgehead atoms. The van der Waals surface area contributed by atoms with Crippen molar-refractivity contribution in [2.45, 2.75) is 0 Å². The van der Waals surface area contributed by atoms with E-state index in [2.05, 4.69) is 4.74 Å². The lowest BCUT2D eigenvalue weighted by Crippen LogP contribution is -2.15. The van der Waals surface area contributed by atoms with E-state index in [9.17, 15) is 19.1 Å². The summed E-state index contributed by atoms with van der Waals surface area (Å²) in [6.07, 6.45) is 0. The Hall–Kier alpha value is -2.73. The fourth-order valence-corrected chi connectivity index (χ4v) is 3.25. The SMILES string of the molecule is COC(=O)c1c(O)sc2cc(-c3cccc(F)c3)ccc2c1=O. The molecule has 0 radical (unpaired) electrons. The highest BCUT2D eigenvalue weighted by molar-refractivity contribution is 7.20. The normalized spacial score (nSPS) is 10.7. The van der Waals surface area contributed by atoms with Crippen molar-refractivity contribution in [1.82, 2.24) is 0 Å². The average Bonchev–Trinajstić information content (AvgIpc) is 2.54. The Kier molecular flexibility index (Phi) is 3.83. The Bertz CT molecular complexity index is 978. The third kappa shape index (κ3) is 2.68. The summed E-state index contributed by atoms with van der Waals surface area (Å²) in [7, 11) is 1.14. The quantitative estimate of drug-likeness (QED) is 0.730. The topological polar surface area (TPSA) is 63.6 Å². The number of carbonyl (C=O) groups excluding carboxylic acids is 1. The fourth-order valence-electron chi connectivity index (χ4n) is 2.31. The van der Waals surface area contributed by atoms with E-state index in [4.69, 9.17) is 0 Å². The Labute approximate surface area is 134 Å². The average molecular weight is 330 g/mol. The Morgan fingerprint density at radius 2 is 1.91 bits per heavy atom. The highest BCUT2D eigenvalue weighted by Crippen LogP contribution is 2.31. The second-order valence-corrected chi connectivity index (χ2v) is 5.85. The third-order valence-electron chi connectivity index (χ3n) is 3.42.